The Morgan fingerprint density at radius 3 is 3.20 bits per heavy atom. The summed E-state index contributed by atoms with van der Waals surface area (Å²) in [6.07, 6.45) is 10.7. The third kappa shape index (κ3) is 2.25. The van der Waals surface area contributed by atoms with Gasteiger partial charge in [0.1, 0.15) is 6.61 Å². The van der Waals surface area contributed by atoms with Crippen LogP contribution in [0.2, 0.25) is 0 Å². The number of hydrogen-bond acceptors (Lipinski definition) is 2. The SMILES string of the molecule is C1=CC2=C(CC1)OCC(OCC1CC1)C2. The van der Waals surface area contributed by atoms with E-state index in [-0.39, 0.29) is 0 Å². The first-order valence-corrected chi connectivity index (χ1v) is 6.05. The minimum absolute atomic E-state index is 0.298. The molecule has 0 amide bonds. The van der Waals surface area contributed by atoms with Crippen LogP contribution in [0.5, 0.6) is 0 Å². The quantitative estimate of drug-likeness (QED) is 0.707. The van der Waals surface area contributed by atoms with E-state index in [4.69, 9.17) is 9.47 Å². The van der Waals surface area contributed by atoms with Crippen LogP contribution < -0.4 is 0 Å². The fourth-order valence-electron chi connectivity index (χ4n) is 2.20. The van der Waals surface area contributed by atoms with Gasteiger partial charge in [0.25, 0.3) is 0 Å². The van der Waals surface area contributed by atoms with Gasteiger partial charge in [0, 0.05) is 19.4 Å². The molecule has 1 unspecified atom stereocenters. The molecule has 0 aromatic rings. The molecule has 2 aliphatic carbocycles. The summed E-state index contributed by atoms with van der Waals surface area (Å²) in [5, 5.41) is 0. The molecule has 0 radical (unpaired) electrons. The highest BCUT2D eigenvalue weighted by Gasteiger charge is 2.26. The molecule has 0 aromatic carbocycles. The lowest BCUT2D eigenvalue weighted by Crippen LogP contribution is -2.26. The van der Waals surface area contributed by atoms with Crippen LogP contribution in [0, 0.1) is 5.92 Å². The smallest absolute Gasteiger partial charge is 0.114 e. The second kappa shape index (κ2) is 4.01. The van der Waals surface area contributed by atoms with Crippen LogP contribution >= 0.6 is 0 Å². The van der Waals surface area contributed by atoms with Crippen molar-refractivity contribution in [1.29, 1.82) is 0 Å². The fraction of sp³-hybridized carbons (Fsp3) is 0.692. The van der Waals surface area contributed by atoms with Crippen LogP contribution in [-0.2, 0) is 9.47 Å². The first-order chi connectivity index (χ1) is 7.42. The Bertz CT molecular complexity index is 300. The highest BCUT2D eigenvalue weighted by atomic mass is 16.5. The third-order valence-corrected chi connectivity index (χ3v) is 3.37. The summed E-state index contributed by atoms with van der Waals surface area (Å²) >= 11 is 0. The zero-order valence-electron chi connectivity index (χ0n) is 9.08. The van der Waals surface area contributed by atoms with Gasteiger partial charge in [0.05, 0.1) is 11.9 Å². The van der Waals surface area contributed by atoms with Crippen molar-refractivity contribution in [2.45, 2.75) is 38.2 Å². The van der Waals surface area contributed by atoms with Crippen molar-refractivity contribution in [3.63, 3.8) is 0 Å². The Kier molecular flexibility index (Phi) is 2.53. The van der Waals surface area contributed by atoms with Gasteiger partial charge in [-0.1, -0.05) is 12.2 Å². The average molecular weight is 206 g/mol. The van der Waals surface area contributed by atoms with Crippen LogP contribution in [0.15, 0.2) is 23.5 Å². The van der Waals surface area contributed by atoms with Crippen molar-refractivity contribution >= 4 is 0 Å². The lowest BCUT2D eigenvalue weighted by Gasteiger charge is -2.28. The molecule has 15 heavy (non-hydrogen) atoms. The average Bonchev–Trinajstić information content (AvgIpc) is 3.10. The minimum atomic E-state index is 0.298. The van der Waals surface area contributed by atoms with Crippen LogP contribution in [0.1, 0.15) is 32.1 Å². The minimum Gasteiger partial charge on any atom is -0.495 e. The second-order valence-electron chi connectivity index (χ2n) is 4.80. The van der Waals surface area contributed by atoms with E-state index in [9.17, 15) is 0 Å². The van der Waals surface area contributed by atoms with E-state index in [2.05, 4.69) is 12.2 Å². The maximum Gasteiger partial charge on any atom is 0.114 e. The van der Waals surface area contributed by atoms with Gasteiger partial charge in [-0.2, -0.15) is 0 Å². The topological polar surface area (TPSA) is 18.5 Å². The normalized spacial score (nSPS) is 30.0. The van der Waals surface area contributed by atoms with Gasteiger partial charge in [0.15, 0.2) is 0 Å². The van der Waals surface area contributed by atoms with Gasteiger partial charge in [-0.25, -0.2) is 0 Å². The van der Waals surface area contributed by atoms with E-state index < -0.39 is 0 Å². The van der Waals surface area contributed by atoms with E-state index in [1.165, 1.54) is 24.2 Å². The molecule has 3 rings (SSSR count). The zero-order chi connectivity index (χ0) is 10.1. The van der Waals surface area contributed by atoms with Crippen LogP contribution in [-0.4, -0.2) is 19.3 Å². The molecule has 1 atom stereocenters. The van der Waals surface area contributed by atoms with Crippen molar-refractivity contribution in [1.82, 2.24) is 0 Å². The van der Waals surface area contributed by atoms with Gasteiger partial charge in [-0.05, 0) is 30.8 Å². The van der Waals surface area contributed by atoms with Crippen molar-refractivity contribution < 1.29 is 9.47 Å². The molecule has 2 heteroatoms. The fourth-order valence-corrected chi connectivity index (χ4v) is 2.20. The summed E-state index contributed by atoms with van der Waals surface area (Å²) in [4.78, 5) is 0. The summed E-state index contributed by atoms with van der Waals surface area (Å²) in [5.74, 6) is 2.06. The van der Waals surface area contributed by atoms with Gasteiger partial charge in [0.2, 0.25) is 0 Å². The maximum atomic E-state index is 5.86. The predicted octanol–water partition coefficient (Wildman–Crippen LogP) is 2.81. The maximum absolute atomic E-state index is 5.86. The summed E-state index contributed by atoms with van der Waals surface area (Å²) in [5.41, 5.74) is 1.37. The van der Waals surface area contributed by atoms with Gasteiger partial charge < -0.3 is 9.47 Å². The van der Waals surface area contributed by atoms with E-state index in [1.54, 1.807) is 0 Å². The van der Waals surface area contributed by atoms with E-state index in [0.717, 1.165) is 38.4 Å². The molecule has 1 saturated carbocycles. The summed E-state index contributed by atoms with van der Waals surface area (Å²) in [6.45, 7) is 1.71. The van der Waals surface area contributed by atoms with Crippen LogP contribution in [0.4, 0.5) is 0 Å². The van der Waals surface area contributed by atoms with Crippen LogP contribution in [0.25, 0.3) is 0 Å². The molecular weight excluding hydrogens is 188 g/mol. The standard InChI is InChI=1S/C13H18O2/c1-2-4-13-11(3-1)7-12(9-15-13)14-8-10-5-6-10/h1,3,10,12H,2,4-9H2. The van der Waals surface area contributed by atoms with Gasteiger partial charge in [-0.15, -0.1) is 0 Å². The summed E-state index contributed by atoms with van der Waals surface area (Å²) < 4.78 is 11.6. The van der Waals surface area contributed by atoms with E-state index in [1.807, 2.05) is 0 Å². The first kappa shape index (κ1) is 9.46. The van der Waals surface area contributed by atoms with E-state index >= 15 is 0 Å². The first-order valence-electron chi connectivity index (χ1n) is 6.05. The molecule has 2 nitrogen and oxygen atoms in total. The Morgan fingerprint density at radius 1 is 1.40 bits per heavy atom. The highest BCUT2D eigenvalue weighted by molar-refractivity contribution is 5.28. The van der Waals surface area contributed by atoms with Gasteiger partial charge in [-0.3, -0.25) is 0 Å². The molecule has 0 aromatic heterocycles. The molecule has 82 valence electrons. The Labute approximate surface area is 90.9 Å². The van der Waals surface area contributed by atoms with Crippen molar-refractivity contribution in [2.24, 2.45) is 5.92 Å². The molecule has 0 bridgehead atoms. The third-order valence-electron chi connectivity index (χ3n) is 3.37. The number of ether oxygens (including phenoxy) is 2. The molecule has 1 aliphatic heterocycles. The number of rotatable bonds is 3. The van der Waals surface area contributed by atoms with E-state index in [0.29, 0.717) is 6.10 Å². The zero-order valence-corrected chi connectivity index (χ0v) is 9.08. The highest BCUT2D eigenvalue weighted by Crippen LogP contribution is 2.32. The summed E-state index contributed by atoms with van der Waals surface area (Å²) in [7, 11) is 0. The molecule has 0 N–H and O–H groups in total. The van der Waals surface area contributed by atoms with Crippen LogP contribution in [0.3, 0.4) is 0 Å². The monoisotopic (exact) mass is 206 g/mol. The Morgan fingerprint density at radius 2 is 2.33 bits per heavy atom. The predicted molar refractivity (Wildman–Crippen MR) is 58.4 cm³/mol. The number of hydrogen-bond donors (Lipinski definition) is 0. The van der Waals surface area contributed by atoms with Crippen molar-refractivity contribution in [3.8, 4) is 0 Å². The molecule has 1 heterocycles. The molecule has 0 spiro atoms. The molecule has 3 aliphatic rings. The largest absolute Gasteiger partial charge is 0.495 e. The Hall–Kier alpha value is -0.760. The lowest BCUT2D eigenvalue weighted by molar-refractivity contribution is -0.0154. The Balaban J connectivity index is 1.56. The van der Waals surface area contributed by atoms with Crippen molar-refractivity contribution in [2.75, 3.05) is 13.2 Å². The molecular formula is C13H18O2. The molecule has 1 fully saturated rings. The van der Waals surface area contributed by atoms with Gasteiger partial charge >= 0.3 is 0 Å². The van der Waals surface area contributed by atoms with Crippen molar-refractivity contribution in [3.05, 3.63) is 23.5 Å². The lowest BCUT2D eigenvalue weighted by atomic mass is 9.97. The number of allylic oxidation sites excluding steroid dienone is 3. The molecule has 0 saturated heterocycles. The second-order valence-corrected chi connectivity index (χ2v) is 4.80. The summed E-state index contributed by atoms with van der Waals surface area (Å²) in [6, 6.07) is 0.